The number of hydrogen-bond acceptors (Lipinski definition) is 4. The predicted octanol–water partition coefficient (Wildman–Crippen LogP) is 3.73. The standard InChI is InChI=1S/C16H16ClN3OS/c1-11(20(2)10-13-7-8-15(17)22-13)16(21)19-14-6-4-3-5-12(14)9-18/h3-8,11H,10H2,1-2H3,(H,19,21)/t11-/m0/s1. The molecule has 2 aromatic rings. The molecule has 1 heterocycles. The lowest BCUT2D eigenvalue weighted by Gasteiger charge is -2.23. The highest BCUT2D eigenvalue weighted by molar-refractivity contribution is 7.16. The van der Waals surface area contributed by atoms with Crippen LogP contribution in [0.3, 0.4) is 0 Å². The summed E-state index contributed by atoms with van der Waals surface area (Å²) in [5.74, 6) is -0.146. The largest absolute Gasteiger partial charge is 0.324 e. The van der Waals surface area contributed by atoms with Gasteiger partial charge in [-0.15, -0.1) is 11.3 Å². The molecule has 0 aliphatic heterocycles. The Balaban J connectivity index is 2.01. The van der Waals surface area contributed by atoms with Gasteiger partial charge < -0.3 is 5.32 Å². The van der Waals surface area contributed by atoms with Gasteiger partial charge in [0.1, 0.15) is 6.07 Å². The Kier molecular flexibility index (Phi) is 5.56. The van der Waals surface area contributed by atoms with E-state index in [-0.39, 0.29) is 11.9 Å². The normalized spacial score (nSPS) is 12.0. The summed E-state index contributed by atoms with van der Waals surface area (Å²) in [5, 5.41) is 11.9. The lowest BCUT2D eigenvalue weighted by Crippen LogP contribution is -2.39. The Morgan fingerprint density at radius 1 is 1.41 bits per heavy atom. The summed E-state index contributed by atoms with van der Waals surface area (Å²) < 4.78 is 0.739. The van der Waals surface area contributed by atoms with Crippen LogP contribution in [0.25, 0.3) is 0 Å². The molecular formula is C16H16ClN3OS. The van der Waals surface area contributed by atoms with Crippen molar-refractivity contribution in [1.29, 1.82) is 5.26 Å². The number of nitriles is 1. The molecule has 2 rings (SSSR count). The average molecular weight is 334 g/mol. The molecule has 0 spiro atoms. The maximum atomic E-state index is 12.3. The van der Waals surface area contributed by atoms with Crippen LogP contribution in [-0.2, 0) is 11.3 Å². The number of likely N-dealkylation sites (N-methyl/N-ethyl adjacent to an activating group) is 1. The zero-order valence-electron chi connectivity index (χ0n) is 12.3. The van der Waals surface area contributed by atoms with Gasteiger partial charge in [-0.1, -0.05) is 23.7 Å². The van der Waals surface area contributed by atoms with E-state index in [1.165, 1.54) is 11.3 Å². The van der Waals surface area contributed by atoms with Crippen molar-refractivity contribution >= 4 is 34.5 Å². The van der Waals surface area contributed by atoms with Crippen LogP contribution in [0, 0.1) is 11.3 Å². The van der Waals surface area contributed by atoms with E-state index in [2.05, 4.69) is 11.4 Å². The lowest BCUT2D eigenvalue weighted by atomic mass is 10.2. The van der Waals surface area contributed by atoms with E-state index < -0.39 is 0 Å². The van der Waals surface area contributed by atoms with Gasteiger partial charge in [-0.3, -0.25) is 9.69 Å². The first kappa shape index (κ1) is 16.5. The van der Waals surface area contributed by atoms with Crippen molar-refractivity contribution < 1.29 is 4.79 Å². The van der Waals surface area contributed by atoms with Crippen molar-refractivity contribution in [1.82, 2.24) is 4.90 Å². The minimum atomic E-state index is -0.326. The van der Waals surface area contributed by atoms with Crippen LogP contribution in [0.4, 0.5) is 5.69 Å². The number of hydrogen-bond donors (Lipinski definition) is 1. The molecule has 6 heteroatoms. The van der Waals surface area contributed by atoms with E-state index in [1.54, 1.807) is 24.3 Å². The van der Waals surface area contributed by atoms with Crippen molar-refractivity contribution in [3.05, 3.63) is 51.2 Å². The van der Waals surface area contributed by atoms with Gasteiger partial charge >= 0.3 is 0 Å². The van der Waals surface area contributed by atoms with E-state index in [1.807, 2.05) is 31.0 Å². The first-order valence-electron chi connectivity index (χ1n) is 6.75. The van der Waals surface area contributed by atoms with Crippen molar-refractivity contribution in [2.24, 2.45) is 0 Å². The monoisotopic (exact) mass is 333 g/mol. The van der Waals surface area contributed by atoms with Crippen LogP contribution < -0.4 is 5.32 Å². The van der Waals surface area contributed by atoms with Crippen molar-refractivity contribution in [2.75, 3.05) is 12.4 Å². The molecule has 0 saturated carbocycles. The summed E-state index contributed by atoms with van der Waals surface area (Å²) in [6.45, 7) is 2.48. The molecular weight excluding hydrogens is 318 g/mol. The van der Waals surface area contributed by atoms with E-state index in [4.69, 9.17) is 16.9 Å². The summed E-state index contributed by atoms with van der Waals surface area (Å²) in [5.41, 5.74) is 0.991. The van der Waals surface area contributed by atoms with Crippen molar-refractivity contribution in [2.45, 2.75) is 19.5 Å². The summed E-state index contributed by atoms with van der Waals surface area (Å²) in [6.07, 6.45) is 0. The first-order valence-corrected chi connectivity index (χ1v) is 7.95. The van der Waals surface area contributed by atoms with Crippen molar-refractivity contribution in [3.63, 3.8) is 0 Å². The predicted molar refractivity (Wildman–Crippen MR) is 90.0 cm³/mol. The molecule has 0 radical (unpaired) electrons. The quantitative estimate of drug-likeness (QED) is 0.907. The number of carbonyl (C=O) groups excluding carboxylic acids is 1. The number of benzene rings is 1. The van der Waals surface area contributed by atoms with Gasteiger partial charge in [0.05, 0.1) is 21.6 Å². The molecule has 1 aromatic carbocycles. The summed E-state index contributed by atoms with van der Waals surface area (Å²) in [7, 11) is 1.88. The molecule has 0 unspecified atom stereocenters. The zero-order chi connectivity index (χ0) is 16.1. The Labute approximate surface area is 138 Å². The van der Waals surface area contributed by atoms with Crippen LogP contribution in [0.15, 0.2) is 36.4 Å². The average Bonchev–Trinajstić information content (AvgIpc) is 2.92. The topological polar surface area (TPSA) is 56.1 Å². The third-order valence-electron chi connectivity index (χ3n) is 3.38. The van der Waals surface area contributed by atoms with E-state index in [9.17, 15) is 4.79 Å². The second-order valence-corrected chi connectivity index (χ2v) is 6.74. The van der Waals surface area contributed by atoms with Crippen LogP contribution in [0.2, 0.25) is 4.34 Å². The van der Waals surface area contributed by atoms with Crippen LogP contribution in [-0.4, -0.2) is 23.9 Å². The molecule has 1 aromatic heterocycles. The van der Waals surface area contributed by atoms with Gasteiger partial charge in [-0.2, -0.15) is 5.26 Å². The number of halogens is 1. The summed E-state index contributed by atoms with van der Waals surface area (Å²) in [4.78, 5) is 15.4. The fourth-order valence-electron chi connectivity index (χ4n) is 1.95. The Morgan fingerprint density at radius 2 is 2.14 bits per heavy atom. The van der Waals surface area contributed by atoms with Gasteiger partial charge in [-0.25, -0.2) is 0 Å². The Hall–Kier alpha value is -1.87. The second-order valence-electron chi connectivity index (χ2n) is 4.94. The smallest absolute Gasteiger partial charge is 0.241 e. The van der Waals surface area contributed by atoms with Crippen LogP contribution in [0.5, 0.6) is 0 Å². The lowest BCUT2D eigenvalue weighted by molar-refractivity contribution is -0.120. The first-order chi connectivity index (χ1) is 10.5. The molecule has 1 N–H and O–H groups in total. The molecule has 0 aliphatic carbocycles. The van der Waals surface area contributed by atoms with Crippen LogP contribution in [0.1, 0.15) is 17.4 Å². The molecule has 0 saturated heterocycles. The number of amides is 1. The fraction of sp³-hybridized carbons (Fsp3) is 0.250. The summed E-state index contributed by atoms with van der Waals surface area (Å²) in [6, 6.07) is 12.5. The molecule has 1 atom stereocenters. The SMILES string of the molecule is C[C@@H](C(=O)Nc1ccccc1C#N)N(C)Cc1ccc(Cl)s1. The number of thiophene rings is 1. The summed E-state index contributed by atoms with van der Waals surface area (Å²) >= 11 is 7.42. The molecule has 1 amide bonds. The maximum absolute atomic E-state index is 12.3. The third kappa shape index (κ3) is 4.08. The van der Waals surface area contributed by atoms with Gasteiger partial charge in [0, 0.05) is 11.4 Å². The van der Waals surface area contributed by atoms with Gasteiger partial charge in [-0.05, 0) is 38.2 Å². The second kappa shape index (κ2) is 7.41. The molecule has 0 fully saturated rings. The fourth-order valence-corrected chi connectivity index (χ4v) is 3.10. The van der Waals surface area contributed by atoms with Crippen LogP contribution >= 0.6 is 22.9 Å². The van der Waals surface area contributed by atoms with E-state index >= 15 is 0 Å². The van der Waals surface area contributed by atoms with E-state index in [0.717, 1.165) is 9.21 Å². The highest BCUT2D eigenvalue weighted by Gasteiger charge is 2.19. The Morgan fingerprint density at radius 3 is 2.77 bits per heavy atom. The molecule has 0 aliphatic rings. The van der Waals surface area contributed by atoms with Crippen molar-refractivity contribution in [3.8, 4) is 6.07 Å². The number of nitrogens with one attached hydrogen (secondary N) is 1. The molecule has 22 heavy (non-hydrogen) atoms. The number of anilines is 1. The molecule has 4 nitrogen and oxygen atoms in total. The highest BCUT2D eigenvalue weighted by Crippen LogP contribution is 2.23. The Bertz CT molecular complexity index is 707. The number of nitrogens with zero attached hydrogens (tertiary/aromatic N) is 2. The van der Waals surface area contributed by atoms with Gasteiger partial charge in [0.15, 0.2) is 0 Å². The number of carbonyl (C=O) groups is 1. The highest BCUT2D eigenvalue weighted by atomic mass is 35.5. The van der Waals surface area contributed by atoms with Gasteiger partial charge in [0.2, 0.25) is 5.91 Å². The minimum Gasteiger partial charge on any atom is -0.324 e. The number of para-hydroxylation sites is 1. The molecule has 0 bridgehead atoms. The van der Waals surface area contributed by atoms with Gasteiger partial charge in [0.25, 0.3) is 0 Å². The third-order valence-corrected chi connectivity index (χ3v) is 4.60. The van der Waals surface area contributed by atoms with E-state index in [0.29, 0.717) is 17.8 Å². The maximum Gasteiger partial charge on any atom is 0.241 e. The number of rotatable bonds is 5. The molecule has 114 valence electrons. The zero-order valence-corrected chi connectivity index (χ0v) is 13.9. The minimum absolute atomic E-state index is 0.146.